The third-order valence-electron chi connectivity index (χ3n) is 3.82. The molecule has 23 heavy (non-hydrogen) atoms. The summed E-state index contributed by atoms with van der Waals surface area (Å²) in [4.78, 5) is 26.1. The number of hydrogen-bond donors (Lipinski definition) is 3. The van der Waals surface area contributed by atoms with Crippen molar-refractivity contribution in [2.45, 2.75) is 25.0 Å². The summed E-state index contributed by atoms with van der Waals surface area (Å²) in [7, 11) is 0. The van der Waals surface area contributed by atoms with Gasteiger partial charge in [-0.25, -0.2) is 0 Å². The summed E-state index contributed by atoms with van der Waals surface area (Å²) in [5.41, 5.74) is -0.233. The number of aliphatic hydroxyl groups excluding tert-OH is 2. The lowest BCUT2D eigenvalue weighted by Crippen LogP contribution is -2.61. The van der Waals surface area contributed by atoms with Gasteiger partial charge in [-0.3, -0.25) is 9.59 Å². The van der Waals surface area contributed by atoms with Gasteiger partial charge in [-0.05, 0) is 12.5 Å². The van der Waals surface area contributed by atoms with Gasteiger partial charge in [0.05, 0.1) is 25.4 Å². The van der Waals surface area contributed by atoms with Crippen LogP contribution in [0.5, 0.6) is 0 Å². The highest BCUT2D eigenvalue weighted by Crippen LogP contribution is 2.15. The van der Waals surface area contributed by atoms with E-state index in [0.717, 1.165) is 5.56 Å². The fraction of sp³-hybridized carbons (Fsp3) is 0.500. The quantitative estimate of drug-likeness (QED) is 0.641. The van der Waals surface area contributed by atoms with Crippen LogP contribution in [0.4, 0.5) is 0 Å². The Morgan fingerprint density at radius 3 is 2.61 bits per heavy atom. The molecule has 0 spiro atoms. The number of rotatable bonds is 6. The van der Waals surface area contributed by atoms with E-state index in [0.29, 0.717) is 6.54 Å². The molecule has 1 atom stereocenters. The largest absolute Gasteiger partial charge is 0.394 e. The van der Waals surface area contributed by atoms with Crippen LogP contribution in [-0.4, -0.2) is 64.9 Å². The number of carbonyl (C=O) groups is 2. The maximum Gasteiger partial charge on any atom is 0.249 e. The number of ether oxygens (including phenoxy) is 1. The molecule has 126 valence electrons. The zero-order valence-electron chi connectivity index (χ0n) is 13.1. The van der Waals surface area contributed by atoms with Gasteiger partial charge in [0, 0.05) is 6.54 Å². The van der Waals surface area contributed by atoms with Gasteiger partial charge in [-0.2, -0.15) is 0 Å². The Hall–Kier alpha value is -1.96. The molecule has 1 fully saturated rings. The van der Waals surface area contributed by atoms with Crippen molar-refractivity contribution in [1.82, 2.24) is 10.2 Å². The Morgan fingerprint density at radius 1 is 1.35 bits per heavy atom. The first kappa shape index (κ1) is 17.4. The normalized spacial score (nSPS) is 18.8. The first-order valence-electron chi connectivity index (χ1n) is 7.44. The number of benzene rings is 1. The number of hydrogen-bond acceptors (Lipinski definition) is 5. The zero-order valence-corrected chi connectivity index (χ0v) is 13.1. The molecule has 1 unspecified atom stereocenters. The Bertz CT molecular complexity index is 545. The predicted octanol–water partition coefficient (Wildman–Crippen LogP) is -0.726. The molecule has 1 aromatic rings. The fourth-order valence-electron chi connectivity index (χ4n) is 2.31. The maximum atomic E-state index is 12.5. The monoisotopic (exact) mass is 322 g/mol. The summed E-state index contributed by atoms with van der Waals surface area (Å²) in [6.45, 7) is 1.03. The summed E-state index contributed by atoms with van der Waals surface area (Å²) >= 11 is 0. The second-order valence-corrected chi connectivity index (χ2v) is 5.90. The van der Waals surface area contributed by atoms with Crippen molar-refractivity contribution >= 4 is 11.8 Å². The van der Waals surface area contributed by atoms with Gasteiger partial charge in [0.1, 0.15) is 12.6 Å². The van der Waals surface area contributed by atoms with Gasteiger partial charge < -0.3 is 25.2 Å². The smallest absolute Gasteiger partial charge is 0.249 e. The highest BCUT2D eigenvalue weighted by atomic mass is 16.5. The van der Waals surface area contributed by atoms with Gasteiger partial charge in [-0.1, -0.05) is 30.3 Å². The third-order valence-corrected chi connectivity index (χ3v) is 3.82. The molecular weight excluding hydrogens is 300 g/mol. The standard InChI is InChI=1S/C16H22N2O5/c1-16(10-19,11-20)17-15(22)13-8-23-9-14(21)18(13)7-12-5-3-2-4-6-12/h2-6,13,19-20H,7-11H2,1H3,(H,17,22). The molecule has 3 N–H and O–H groups in total. The SMILES string of the molecule is CC(CO)(CO)NC(=O)C1COCC(=O)N1Cc1ccccc1. The average Bonchev–Trinajstić information content (AvgIpc) is 2.57. The Kier molecular flexibility index (Phi) is 5.70. The second-order valence-electron chi connectivity index (χ2n) is 5.90. The van der Waals surface area contributed by atoms with Crippen molar-refractivity contribution in [1.29, 1.82) is 0 Å². The lowest BCUT2D eigenvalue weighted by molar-refractivity contribution is -0.156. The molecule has 2 rings (SSSR count). The van der Waals surface area contributed by atoms with E-state index in [2.05, 4.69) is 5.32 Å². The molecule has 1 saturated heterocycles. The number of nitrogens with zero attached hydrogens (tertiary/aromatic N) is 1. The second kappa shape index (κ2) is 7.54. The van der Waals surface area contributed by atoms with Crippen molar-refractivity contribution in [2.75, 3.05) is 26.4 Å². The van der Waals surface area contributed by atoms with E-state index in [-0.39, 0.29) is 19.1 Å². The van der Waals surface area contributed by atoms with Crippen LogP contribution in [0.15, 0.2) is 30.3 Å². The van der Waals surface area contributed by atoms with Crippen molar-refractivity contribution in [3.63, 3.8) is 0 Å². The van der Waals surface area contributed by atoms with Crippen LogP contribution in [0.25, 0.3) is 0 Å². The summed E-state index contributed by atoms with van der Waals surface area (Å²) in [5, 5.41) is 21.2. The number of nitrogens with one attached hydrogen (secondary N) is 1. The zero-order chi connectivity index (χ0) is 16.9. The number of amides is 2. The van der Waals surface area contributed by atoms with Crippen molar-refractivity contribution in [2.24, 2.45) is 0 Å². The molecular formula is C16H22N2O5. The van der Waals surface area contributed by atoms with Crippen LogP contribution >= 0.6 is 0 Å². The lowest BCUT2D eigenvalue weighted by atomic mass is 10.0. The molecule has 0 aromatic heterocycles. The fourth-order valence-corrected chi connectivity index (χ4v) is 2.31. The van der Waals surface area contributed by atoms with Gasteiger partial charge in [-0.15, -0.1) is 0 Å². The van der Waals surface area contributed by atoms with Crippen LogP contribution in [0.2, 0.25) is 0 Å². The van der Waals surface area contributed by atoms with E-state index in [9.17, 15) is 19.8 Å². The first-order valence-corrected chi connectivity index (χ1v) is 7.44. The van der Waals surface area contributed by atoms with E-state index in [1.807, 2.05) is 30.3 Å². The van der Waals surface area contributed by atoms with Crippen molar-refractivity contribution in [3.8, 4) is 0 Å². The molecule has 7 heteroatoms. The molecule has 2 amide bonds. The van der Waals surface area contributed by atoms with E-state index >= 15 is 0 Å². The molecule has 1 aromatic carbocycles. The molecule has 1 aliphatic heterocycles. The van der Waals surface area contributed by atoms with Gasteiger partial charge in [0.15, 0.2) is 0 Å². The predicted molar refractivity (Wildman–Crippen MR) is 82.3 cm³/mol. The number of carbonyl (C=O) groups excluding carboxylic acids is 2. The first-order chi connectivity index (χ1) is 11.0. The molecule has 0 aliphatic carbocycles. The van der Waals surface area contributed by atoms with Crippen LogP contribution in [0.1, 0.15) is 12.5 Å². The Labute approximate surface area is 134 Å². The molecule has 0 bridgehead atoms. The average molecular weight is 322 g/mol. The molecule has 7 nitrogen and oxygen atoms in total. The summed E-state index contributed by atoms with van der Waals surface area (Å²) in [5.74, 6) is -0.727. The van der Waals surface area contributed by atoms with Crippen LogP contribution in [-0.2, 0) is 20.9 Å². The van der Waals surface area contributed by atoms with Crippen molar-refractivity contribution in [3.05, 3.63) is 35.9 Å². The number of aliphatic hydroxyl groups is 2. The van der Waals surface area contributed by atoms with E-state index < -0.39 is 30.7 Å². The highest BCUT2D eigenvalue weighted by molar-refractivity contribution is 5.89. The lowest BCUT2D eigenvalue weighted by Gasteiger charge is -2.37. The Balaban J connectivity index is 2.13. The topological polar surface area (TPSA) is 99.1 Å². The van der Waals surface area contributed by atoms with E-state index in [1.54, 1.807) is 0 Å². The van der Waals surface area contributed by atoms with Crippen LogP contribution in [0, 0.1) is 0 Å². The third kappa shape index (κ3) is 4.28. The summed E-state index contributed by atoms with van der Waals surface area (Å²) < 4.78 is 5.19. The van der Waals surface area contributed by atoms with Crippen LogP contribution in [0.3, 0.4) is 0 Å². The van der Waals surface area contributed by atoms with Gasteiger partial charge >= 0.3 is 0 Å². The molecule has 1 heterocycles. The maximum absolute atomic E-state index is 12.5. The van der Waals surface area contributed by atoms with Gasteiger partial charge in [0.25, 0.3) is 0 Å². The molecule has 1 aliphatic rings. The van der Waals surface area contributed by atoms with E-state index in [1.165, 1.54) is 11.8 Å². The summed E-state index contributed by atoms with van der Waals surface area (Å²) in [6.07, 6.45) is 0. The van der Waals surface area contributed by atoms with Crippen molar-refractivity contribution < 1.29 is 24.5 Å². The molecule has 0 saturated carbocycles. The summed E-state index contributed by atoms with van der Waals surface area (Å²) in [6, 6.07) is 8.57. The highest BCUT2D eigenvalue weighted by Gasteiger charge is 2.37. The van der Waals surface area contributed by atoms with E-state index in [4.69, 9.17) is 4.74 Å². The minimum Gasteiger partial charge on any atom is -0.394 e. The number of morpholine rings is 1. The minimum atomic E-state index is -1.14. The van der Waals surface area contributed by atoms with Gasteiger partial charge in [0.2, 0.25) is 11.8 Å². The minimum absolute atomic E-state index is 0.0616. The Morgan fingerprint density at radius 2 is 2.00 bits per heavy atom. The molecule has 0 radical (unpaired) electrons. The van der Waals surface area contributed by atoms with Crippen LogP contribution < -0.4 is 5.32 Å².